The summed E-state index contributed by atoms with van der Waals surface area (Å²) in [6.45, 7) is 11.2. The number of nitrogens with two attached hydrogens (primary N) is 1. The molecular formula is C29H35N5O7S. The Morgan fingerprint density at radius 3 is 2.31 bits per heavy atom. The molecule has 4 N–H and O–H groups in total. The van der Waals surface area contributed by atoms with Crippen LogP contribution < -0.4 is 15.2 Å². The molecule has 224 valence electrons. The number of anilines is 1. The van der Waals surface area contributed by atoms with E-state index in [0.717, 1.165) is 22.8 Å². The maximum Gasteiger partial charge on any atom is 0.410 e. The SMILES string of the molecule is Cc1cccc(C)c1-c1nc(NS(=O)(=O)c2cccc(C(=O)O)c2)nc(O[C@@H]2CN(C(=O)OC(C)(C)C)C[C@H]2N)c1C. The Balaban J connectivity index is 1.74. The van der Waals surface area contributed by atoms with Crippen molar-refractivity contribution >= 4 is 28.0 Å². The normalized spacial score (nSPS) is 17.2. The van der Waals surface area contributed by atoms with E-state index in [2.05, 4.69) is 14.7 Å². The van der Waals surface area contributed by atoms with Gasteiger partial charge in [0.1, 0.15) is 11.7 Å². The first-order valence-corrected chi connectivity index (χ1v) is 14.8. The fourth-order valence-corrected chi connectivity index (χ4v) is 5.60. The number of hydrogen-bond donors (Lipinski definition) is 3. The number of aromatic carboxylic acids is 1. The average Bonchev–Trinajstić information content (AvgIpc) is 3.25. The Labute approximate surface area is 244 Å². The summed E-state index contributed by atoms with van der Waals surface area (Å²) in [5.74, 6) is -1.45. The van der Waals surface area contributed by atoms with E-state index in [1.807, 2.05) is 32.0 Å². The molecule has 2 atom stereocenters. The minimum absolute atomic E-state index is 0.0890. The van der Waals surface area contributed by atoms with Crippen LogP contribution in [-0.4, -0.2) is 71.3 Å². The van der Waals surface area contributed by atoms with Crippen molar-refractivity contribution in [3.63, 3.8) is 0 Å². The molecule has 1 aliphatic heterocycles. The zero-order valence-electron chi connectivity index (χ0n) is 24.3. The second-order valence-electron chi connectivity index (χ2n) is 11.2. The topological polar surface area (TPSA) is 174 Å². The van der Waals surface area contributed by atoms with Gasteiger partial charge in [-0.25, -0.2) is 27.7 Å². The van der Waals surface area contributed by atoms with E-state index in [9.17, 15) is 23.1 Å². The van der Waals surface area contributed by atoms with Crippen molar-refractivity contribution in [2.45, 2.75) is 64.2 Å². The number of carboxylic acids is 1. The molecule has 42 heavy (non-hydrogen) atoms. The maximum absolute atomic E-state index is 13.3. The summed E-state index contributed by atoms with van der Waals surface area (Å²) in [6.07, 6.45) is -1.18. The van der Waals surface area contributed by atoms with Crippen molar-refractivity contribution in [1.29, 1.82) is 0 Å². The molecule has 1 saturated heterocycles. The summed E-state index contributed by atoms with van der Waals surface area (Å²) >= 11 is 0. The van der Waals surface area contributed by atoms with Gasteiger partial charge in [-0.05, 0) is 70.9 Å². The van der Waals surface area contributed by atoms with Crippen molar-refractivity contribution in [2.24, 2.45) is 5.73 Å². The Morgan fingerprint density at radius 1 is 1.05 bits per heavy atom. The van der Waals surface area contributed by atoms with Gasteiger partial charge in [-0.15, -0.1) is 0 Å². The van der Waals surface area contributed by atoms with Crippen molar-refractivity contribution < 1.29 is 32.6 Å². The quantitative estimate of drug-likeness (QED) is 0.362. The highest BCUT2D eigenvalue weighted by Crippen LogP contribution is 2.34. The van der Waals surface area contributed by atoms with E-state index in [0.29, 0.717) is 11.3 Å². The molecule has 0 bridgehead atoms. The van der Waals surface area contributed by atoms with Gasteiger partial charge in [-0.1, -0.05) is 24.3 Å². The first kappa shape index (κ1) is 30.7. The molecule has 2 aromatic carbocycles. The molecule has 2 heterocycles. The predicted molar refractivity (Wildman–Crippen MR) is 156 cm³/mol. The maximum atomic E-state index is 13.3. The van der Waals surface area contributed by atoms with Gasteiger partial charge in [0.2, 0.25) is 11.8 Å². The number of benzene rings is 2. The van der Waals surface area contributed by atoms with Crippen LogP contribution in [-0.2, 0) is 14.8 Å². The van der Waals surface area contributed by atoms with Crippen LogP contribution >= 0.6 is 0 Å². The van der Waals surface area contributed by atoms with Crippen molar-refractivity contribution in [2.75, 3.05) is 17.8 Å². The molecular weight excluding hydrogens is 562 g/mol. The van der Waals surface area contributed by atoms with Crippen LogP contribution in [0.3, 0.4) is 0 Å². The fraction of sp³-hybridized carbons (Fsp3) is 0.379. The van der Waals surface area contributed by atoms with Crippen LogP contribution in [0.25, 0.3) is 11.3 Å². The third-order valence-corrected chi connectivity index (χ3v) is 7.99. The van der Waals surface area contributed by atoms with E-state index in [4.69, 9.17) is 15.2 Å². The summed E-state index contributed by atoms with van der Waals surface area (Å²) in [5.41, 5.74) is 9.05. The minimum Gasteiger partial charge on any atom is -0.478 e. The highest BCUT2D eigenvalue weighted by molar-refractivity contribution is 7.92. The molecule has 0 aliphatic carbocycles. The van der Waals surface area contributed by atoms with Gasteiger partial charge in [0.25, 0.3) is 10.0 Å². The van der Waals surface area contributed by atoms with Crippen molar-refractivity contribution in [1.82, 2.24) is 14.9 Å². The lowest BCUT2D eigenvalue weighted by Crippen LogP contribution is -2.37. The Morgan fingerprint density at radius 2 is 1.69 bits per heavy atom. The van der Waals surface area contributed by atoms with Gasteiger partial charge in [-0.2, -0.15) is 4.98 Å². The molecule has 0 radical (unpaired) electrons. The molecule has 1 aromatic heterocycles. The summed E-state index contributed by atoms with van der Waals surface area (Å²) in [6, 6.07) is 10.1. The number of amides is 1. The van der Waals surface area contributed by atoms with Crippen LogP contribution in [0.1, 0.15) is 47.8 Å². The summed E-state index contributed by atoms with van der Waals surface area (Å²) in [7, 11) is -4.28. The molecule has 3 aromatic rings. The lowest BCUT2D eigenvalue weighted by atomic mass is 9.97. The van der Waals surface area contributed by atoms with Crippen LogP contribution in [0.5, 0.6) is 5.88 Å². The van der Waals surface area contributed by atoms with Crippen molar-refractivity contribution in [3.8, 4) is 17.1 Å². The zero-order valence-corrected chi connectivity index (χ0v) is 25.2. The number of nitrogens with zero attached hydrogens (tertiary/aromatic N) is 3. The molecule has 1 aliphatic rings. The number of rotatable bonds is 7. The summed E-state index contributed by atoms with van der Waals surface area (Å²) in [4.78, 5) is 34.2. The predicted octanol–water partition coefficient (Wildman–Crippen LogP) is 3.89. The van der Waals surface area contributed by atoms with E-state index in [1.165, 1.54) is 23.1 Å². The fourth-order valence-electron chi connectivity index (χ4n) is 4.61. The smallest absolute Gasteiger partial charge is 0.410 e. The minimum atomic E-state index is -4.28. The molecule has 0 saturated carbocycles. The van der Waals surface area contributed by atoms with Crippen molar-refractivity contribution in [3.05, 3.63) is 64.7 Å². The van der Waals surface area contributed by atoms with Crippen LogP contribution in [0.4, 0.5) is 10.7 Å². The van der Waals surface area contributed by atoms with Gasteiger partial charge in [-0.3, -0.25) is 0 Å². The number of aryl methyl sites for hydroxylation is 2. The lowest BCUT2D eigenvalue weighted by molar-refractivity contribution is 0.0274. The number of carbonyl (C=O) groups excluding carboxylic acids is 1. The number of sulfonamides is 1. The van der Waals surface area contributed by atoms with Crippen LogP contribution in [0.2, 0.25) is 0 Å². The van der Waals surface area contributed by atoms with E-state index >= 15 is 0 Å². The number of ether oxygens (including phenoxy) is 2. The number of nitrogens with one attached hydrogen (secondary N) is 1. The molecule has 0 spiro atoms. The van der Waals surface area contributed by atoms with E-state index < -0.39 is 39.8 Å². The van der Waals surface area contributed by atoms with Crippen LogP contribution in [0, 0.1) is 20.8 Å². The van der Waals surface area contributed by atoms with Gasteiger partial charge in [0.05, 0.1) is 28.7 Å². The number of carboxylic acid groups (broad SMARTS) is 1. The standard InChI is InChI=1S/C29H35N5O7S/c1-16-9-7-10-17(2)23(16)24-18(3)25(40-22-15-34(14-21(22)30)28(37)41-29(4,5)6)32-27(31-24)33-42(38,39)20-12-8-11-19(13-20)26(35)36/h7-13,21-22H,14-15,30H2,1-6H3,(H,35,36)(H,31,32,33)/t21-,22-/m1/s1. The molecule has 13 heteroatoms. The highest BCUT2D eigenvalue weighted by atomic mass is 32.2. The Bertz CT molecular complexity index is 1620. The lowest BCUT2D eigenvalue weighted by Gasteiger charge is -2.24. The molecule has 12 nitrogen and oxygen atoms in total. The first-order valence-electron chi connectivity index (χ1n) is 13.3. The largest absolute Gasteiger partial charge is 0.478 e. The van der Waals surface area contributed by atoms with Crippen LogP contribution in [0.15, 0.2) is 47.4 Å². The Kier molecular flexibility index (Phi) is 8.46. The molecule has 1 fully saturated rings. The van der Waals surface area contributed by atoms with Gasteiger partial charge in [0, 0.05) is 17.7 Å². The molecule has 1 amide bonds. The first-order chi connectivity index (χ1) is 19.6. The number of hydrogen-bond acceptors (Lipinski definition) is 9. The number of carbonyl (C=O) groups is 2. The van der Waals surface area contributed by atoms with E-state index in [1.54, 1.807) is 27.7 Å². The number of aromatic nitrogens is 2. The third kappa shape index (κ3) is 6.80. The zero-order chi connectivity index (χ0) is 31.0. The summed E-state index contributed by atoms with van der Waals surface area (Å²) in [5, 5.41) is 9.31. The van der Waals surface area contributed by atoms with Gasteiger partial charge in [0.15, 0.2) is 0 Å². The van der Waals surface area contributed by atoms with Gasteiger partial charge < -0.3 is 25.2 Å². The van der Waals surface area contributed by atoms with E-state index in [-0.39, 0.29) is 35.4 Å². The average molecular weight is 598 g/mol. The molecule has 0 unspecified atom stereocenters. The third-order valence-electron chi connectivity index (χ3n) is 6.66. The number of likely N-dealkylation sites (tertiary alicyclic amines) is 1. The summed E-state index contributed by atoms with van der Waals surface area (Å²) < 4.78 is 40.6. The van der Waals surface area contributed by atoms with Gasteiger partial charge >= 0.3 is 12.1 Å². The molecule has 4 rings (SSSR count). The second-order valence-corrected chi connectivity index (χ2v) is 12.9. The monoisotopic (exact) mass is 597 g/mol. The Hall–Kier alpha value is -4.23. The highest BCUT2D eigenvalue weighted by Gasteiger charge is 2.37. The second kappa shape index (κ2) is 11.6.